The molecule has 1 heterocycles. The minimum Gasteiger partial charge on any atom is -0.351 e. The van der Waals surface area contributed by atoms with Crippen LogP contribution in [0.2, 0.25) is 0 Å². The van der Waals surface area contributed by atoms with Crippen LogP contribution in [0.4, 0.5) is 4.39 Å². The zero-order chi connectivity index (χ0) is 23.5. The molecule has 4 aliphatic rings. The highest BCUT2D eigenvalue weighted by Crippen LogP contribution is 2.65. The van der Waals surface area contributed by atoms with Gasteiger partial charge in [-0.3, -0.25) is 9.59 Å². The lowest BCUT2D eigenvalue weighted by Gasteiger charge is -2.59. The molecule has 3 fully saturated rings. The largest absolute Gasteiger partial charge is 0.351 e. The molecule has 0 spiro atoms. The van der Waals surface area contributed by atoms with Crippen molar-refractivity contribution >= 4 is 11.8 Å². The monoisotopic (exact) mass is 452 g/mol. The van der Waals surface area contributed by atoms with E-state index in [1.807, 2.05) is 7.05 Å². The quantitative estimate of drug-likeness (QED) is 0.621. The van der Waals surface area contributed by atoms with Gasteiger partial charge in [0.25, 0.3) is 0 Å². The van der Waals surface area contributed by atoms with Gasteiger partial charge in [0, 0.05) is 24.7 Å². The molecule has 1 N–H and O–H groups in total. The fraction of sp³-hybridized carbons (Fsp3) is 0.643. The highest BCUT2D eigenvalue weighted by molar-refractivity contribution is 6.01. The number of fused-ring (bicyclic) bond motifs is 5. The van der Waals surface area contributed by atoms with Gasteiger partial charge in [0.2, 0.25) is 11.8 Å². The number of rotatable bonds is 3. The molecular weight excluding hydrogens is 415 g/mol. The van der Waals surface area contributed by atoms with Crippen LogP contribution in [0.25, 0.3) is 0 Å². The van der Waals surface area contributed by atoms with Crippen LogP contribution in [0.15, 0.2) is 35.5 Å². The van der Waals surface area contributed by atoms with Crippen LogP contribution >= 0.6 is 0 Å². The van der Waals surface area contributed by atoms with E-state index in [9.17, 15) is 14.0 Å². The Hall–Kier alpha value is -2.17. The van der Waals surface area contributed by atoms with Gasteiger partial charge in [-0.1, -0.05) is 38.0 Å². The summed E-state index contributed by atoms with van der Waals surface area (Å²) in [6.07, 6.45) is 8.10. The zero-order valence-electron chi connectivity index (χ0n) is 20.4. The third-order valence-corrected chi connectivity index (χ3v) is 9.79. The number of carbonyl (C=O) groups is 2. The molecule has 6 atom stereocenters. The lowest BCUT2D eigenvalue weighted by Crippen LogP contribution is -2.58. The number of nitrogens with zero attached hydrogens (tertiary/aromatic N) is 1. The molecule has 1 aromatic rings. The van der Waals surface area contributed by atoms with Gasteiger partial charge in [0.1, 0.15) is 11.7 Å². The minimum absolute atomic E-state index is 0.112. The van der Waals surface area contributed by atoms with Crippen molar-refractivity contribution in [3.05, 3.63) is 46.9 Å². The summed E-state index contributed by atoms with van der Waals surface area (Å²) in [4.78, 5) is 28.4. The maximum Gasteiger partial charge on any atom is 0.239 e. The highest BCUT2D eigenvalue weighted by atomic mass is 19.1. The van der Waals surface area contributed by atoms with Crippen molar-refractivity contribution < 1.29 is 14.0 Å². The summed E-state index contributed by atoms with van der Waals surface area (Å²) < 4.78 is 13.5. The molecule has 0 radical (unpaired) electrons. The van der Waals surface area contributed by atoms with Gasteiger partial charge in [-0.25, -0.2) is 4.39 Å². The van der Waals surface area contributed by atoms with E-state index in [1.54, 1.807) is 17.0 Å². The van der Waals surface area contributed by atoms with Gasteiger partial charge >= 0.3 is 0 Å². The van der Waals surface area contributed by atoms with Gasteiger partial charge in [0.15, 0.2) is 0 Å². The van der Waals surface area contributed by atoms with Crippen LogP contribution < -0.4 is 5.32 Å². The van der Waals surface area contributed by atoms with E-state index in [-0.39, 0.29) is 29.6 Å². The Bertz CT molecular complexity index is 1020. The molecule has 1 saturated heterocycles. The summed E-state index contributed by atoms with van der Waals surface area (Å²) in [5.74, 6) is 0.557. The molecule has 2 saturated carbocycles. The number of carbonyl (C=O) groups excluding carboxylic acids is 2. The molecule has 5 rings (SSSR count). The average Bonchev–Trinajstić information content (AvgIpc) is 3.17. The van der Waals surface area contributed by atoms with Gasteiger partial charge < -0.3 is 10.2 Å². The molecule has 33 heavy (non-hydrogen) atoms. The first-order valence-electron chi connectivity index (χ1n) is 12.6. The van der Waals surface area contributed by atoms with Crippen molar-refractivity contribution in [1.29, 1.82) is 0 Å². The summed E-state index contributed by atoms with van der Waals surface area (Å²) in [7, 11) is 1.86. The van der Waals surface area contributed by atoms with Gasteiger partial charge in [0.05, 0.1) is 0 Å². The Morgan fingerprint density at radius 3 is 2.76 bits per heavy atom. The Balaban J connectivity index is 1.41. The average molecular weight is 453 g/mol. The molecular formula is C28H37FN2O2. The number of benzene rings is 1. The molecule has 0 aromatic heterocycles. The van der Waals surface area contributed by atoms with Crippen LogP contribution in [0.5, 0.6) is 0 Å². The third kappa shape index (κ3) is 3.54. The van der Waals surface area contributed by atoms with Gasteiger partial charge in [-0.2, -0.15) is 0 Å². The molecule has 1 aromatic carbocycles. The molecule has 2 amide bonds. The maximum absolute atomic E-state index is 13.5. The molecule has 1 unspecified atom stereocenters. The van der Waals surface area contributed by atoms with E-state index in [4.69, 9.17) is 0 Å². The molecule has 4 nitrogen and oxygen atoms in total. The number of hydrogen-bond donors (Lipinski definition) is 1. The van der Waals surface area contributed by atoms with Gasteiger partial charge in [-0.15, -0.1) is 0 Å². The zero-order valence-corrected chi connectivity index (χ0v) is 20.4. The van der Waals surface area contributed by atoms with Crippen molar-refractivity contribution in [3.8, 4) is 0 Å². The summed E-state index contributed by atoms with van der Waals surface area (Å²) in [5.41, 5.74) is 3.51. The lowest BCUT2D eigenvalue weighted by molar-refractivity contribution is -0.149. The van der Waals surface area contributed by atoms with Crippen LogP contribution in [0.1, 0.15) is 71.3 Å². The van der Waals surface area contributed by atoms with Crippen molar-refractivity contribution in [2.45, 2.75) is 72.3 Å². The molecule has 178 valence electrons. The number of likely N-dealkylation sites (tertiary alicyclic amines) is 1. The molecule has 0 bridgehead atoms. The normalized spacial score (nSPS) is 38.0. The summed E-state index contributed by atoms with van der Waals surface area (Å²) in [6.45, 7) is 7.25. The van der Waals surface area contributed by atoms with Crippen molar-refractivity contribution in [1.82, 2.24) is 10.2 Å². The number of piperidine rings is 1. The van der Waals surface area contributed by atoms with Crippen LogP contribution in [-0.2, 0) is 16.1 Å². The van der Waals surface area contributed by atoms with Gasteiger partial charge in [-0.05, 0) is 86.3 Å². The SMILES string of the molecule is CC1=C2N(C)C(=O)C(C(=O)NCc3cccc(F)c3)C[C@]2(C)[C@@H]2CC[C@]3(C)CCC[C@H]3[C@@H]2C1. The molecule has 3 aliphatic carbocycles. The van der Waals surface area contributed by atoms with Crippen LogP contribution in [-0.4, -0.2) is 23.8 Å². The second-order valence-electron chi connectivity index (χ2n) is 11.7. The number of nitrogens with one attached hydrogen (secondary N) is 1. The lowest BCUT2D eigenvalue weighted by atomic mass is 9.48. The maximum atomic E-state index is 13.5. The van der Waals surface area contributed by atoms with E-state index >= 15 is 0 Å². The topological polar surface area (TPSA) is 49.4 Å². The third-order valence-electron chi connectivity index (χ3n) is 9.79. The Morgan fingerprint density at radius 1 is 1.21 bits per heavy atom. The predicted octanol–water partition coefficient (Wildman–Crippen LogP) is 5.44. The standard InChI is InChI=1S/C28H37FN2O2/c1-17-13-20-22-9-6-11-27(22,2)12-10-23(20)28(3)15-21(26(33)31(4)24(17)28)25(32)30-16-18-7-5-8-19(29)14-18/h5,7-8,14,20-23H,6,9-13,15-16H2,1-4H3,(H,30,32)/t20-,21?,22-,23+,27-,28+/m0/s1. The van der Waals surface area contributed by atoms with Crippen LogP contribution in [0.3, 0.4) is 0 Å². The van der Waals surface area contributed by atoms with E-state index < -0.39 is 5.92 Å². The van der Waals surface area contributed by atoms with E-state index in [2.05, 4.69) is 26.1 Å². The number of halogens is 1. The minimum atomic E-state index is -0.694. The summed E-state index contributed by atoms with van der Waals surface area (Å²) in [5, 5.41) is 2.92. The molecule has 1 aliphatic heterocycles. The van der Waals surface area contributed by atoms with Crippen LogP contribution in [0, 0.1) is 40.3 Å². The first kappa shape index (κ1) is 22.6. The number of amides is 2. The second-order valence-corrected chi connectivity index (χ2v) is 11.7. The second kappa shape index (κ2) is 7.95. The van der Waals surface area contributed by atoms with E-state index in [0.29, 0.717) is 29.2 Å². The van der Waals surface area contributed by atoms with Crippen molar-refractivity contribution in [2.24, 2.45) is 34.5 Å². The first-order chi connectivity index (χ1) is 15.6. The number of allylic oxidation sites excluding steroid dienone is 2. The smallest absolute Gasteiger partial charge is 0.239 e. The molecule has 5 heteroatoms. The van der Waals surface area contributed by atoms with Crippen molar-refractivity contribution in [2.75, 3.05) is 7.05 Å². The summed E-state index contributed by atoms with van der Waals surface area (Å²) in [6, 6.07) is 6.24. The van der Waals surface area contributed by atoms with E-state index in [1.165, 1.54) is 55.5 Å². The summed E-state index contributed by atoms with van der Waals surface area (Å²) >= 11 is 0. The highest BCUT2D eigenvalue weighted by Gasteiger charge is 2.59. The first-order valence-corrected chi connectivity index (χ1v) is 12.6. The fourth-order valence-corrected chi connectivity index (χ4v) is 8.41. The Kier molecular flexibility index (Phi) is 5.45. The predicted molar refractivity (Wildman–Crippen MR) is 126 cm³/mol. The Labute approximate surface area is 197 Å². The van der Waals surface area contributed by atoms with Crippen molar-refractivity contribution in [3.63, 3.8) is 0 Å². The van der Waals surface area contributed by atoms with E-state index in [0.717, 1.165) is 12.3 Å². The fourth-order valence-electron chi connectivity index (χ4n) is 8.41. The number of hydrogen-bond acceptors (Lipinski definition) is 2. The Morgan fingerprint density at radius 2 is 2.00 bits per heavy atom.